The molecule has 0 aromatic carbocycles. The van der Waals surface area contributed by atoms with Crippen molar-refractivity contribution in [2.45, 2.75) is 19.4 Å². The predicted molar refractivity (Wildman–Crippen MR) is 44.6 cm³/mol. The molecule has 1 atom stereocenters. The zero-order chi connectivity index (χ0) is 11.1. The van der Waals surface area contributed by atoms with Crippen LogP contribution < -0.4 is 0 Å². The molecule has 0 fully saturated rings. The lowest BCUT2D eigenvalue weighted by atomic mass is 10.2. The summed E-state index contributed by atoms with van der Waals surface area (Å²) in [6.45, 7) is 5.22. The molecule has 3 N–H and O–H groups in total. The van der Waals surface area contributed by atoms with Crippen molar-refractivity contribution in [1.82, 2.24) is 0 Å². The molecule has 0 spiro atoms. The van der Waals surface area contributed by atoms with Gasteiger partial charge in [-0.2, -0.15) is 0 Å². The average molecular weight is 218 g/mol. The van der Waals surface area contributed by atoms with Gasteiger partial charge in [-0.1, -0.05) is 5.57 Å². The standard InChI is InChI=1S/C6H12O2.F2HO2P/c1-5(2)3-6(8)4-7;1-5(2,3)4/h6-8H,1,3-4H2,2H3;(H,3,4). The van der Waals surface area contributed by atoms with Crippen molar-refractivity contribution in [2.24, 2.45) is 0 Å². The largest absolute Gasteiger partial charge is 0.549 e. The Morgan fingerprint density at radius 2 is 1.92 bits per heavy atom. The van der Waals surface area contributed by atoms with Crippen molar-refractivity contribution < 1.29 is 28.1 Å². The second kappa shape index (κ2) is 7.15. The molecular formula is C6H13F2O4P. The number of hydrogen-bond acceptors (Lipinski definition) is 3. The van der Waals surface area contributed by atoms with Crippen molar-refractivity contribution in [2.75, 3.05) is 6.61 Å². The zero-order valence-electron chi connectivity index (χ0n) is 7.15. The van der Waals surface area contributed by atoms with Crippen molar-refractivity contribution in [3.05, 3.63) is 12.2 Å². The van der Waals surface area contributed by atoms with Gasteiger partial charge in [0.1, 0.15) is 0 Å². The van der Waals surface area contributed by atoms with Gasteiger partial charge >= 0.3 is 7.99 Å². The molecule has 1 unspecified atom stereocenters. The molecule has 4 nitrogen and oxygen atoms in total. The Bertz CT molecular complexity index is 183. The lowest BCUT2D eigenvalue weighted by Gasteiger charge is -2.03. The summed E-state index contributed by atoms with van der Waals surface area (Å²) in [5.74, 6) is 0. The number of rotatable bonds is 3. The van der Waals surface area contributed by atoms with Crippen LogP contribution in [-0.2, 0) is 4.57 Å². The second-order valence-corrected chi connectivity index (χ2v) is 3.30. The van der Waals surface area contributed by atoms with E-state index >= 15 is 0 Å². The van der Waals surface area contributed by atoms with E-state index in [1.807, 2.05) is 6.92 Å². The molecule has 0 aliphatic carbocycles. The van der Waals surface area contributed by atoms with E-state index in [1.54, 1.807) is 0 Å². The summed E-state index contributed by atoms with van der Waals surface area (Å²) in [4.78, 5) is 6.74. The van der Waals surface area contributed by atoms with Crippen molar-refractivity contribution in [3.8, 4) is 0 Å². The molecule has 0 amide bonds. The molecule has 0 rings (SSSR count). The summed E-state index contributed by atoms with van der Waals surface area (Å²) in [7, 11) is -5.64. The highest BCUT2D eigenvalue weighted by atomic mass is 31.2. The monoisotopic (exact) mass is 218 g/mol. The second-order valence-electron chi connectivity index (χ2n) is 2.43. The van der Waals surface area contributed by atoms with Gasteiger partial charge < -0.3 is 10.2 Å². The highest BCUT2D eigenvalue weighted by Crippen LogP contribution is 2.43. The Hall–Kier alpha value is -0.290. The van der Waals surface area contributed by atoms with Crippen LogP contribution >= 0.6 is 7.99 Å². The third-order valence-corrected chi connectivity index (χ3v) is 0.795. The summed E-state index contributed by atoms with van der Waals surface area (Å²) in [6, 6.07) is 0. The molecule has 80 valence electrons. The molecule has 0 saturated heterocycles. The topological polar surface area (TPSA) is 77.8 Å². The van der Waals surface area contributed by atoms with E-state index in [0.29, 0.717) is 6.42 Å². The van der Waals surface area contributed by atoms with Crippen LogP contribution in [0.1, 0.15) is 13.3 Å². The minimum Gasteiger partial charge on any atom is -0.394 e. The van der Waals surface area contributed by atoms with Gasteiger partial charge in [0.2, 0.25) is 0 Å². The highest BCUT2D eigenvalue weighted by Gasteiger charge is 2.09. The van der Waals surface area contributed by atoms with E-state index in [2.05, 4.69) is 6.58 Å². The van der Waals surface area contributed by atoms with E-state index in [-0.39, 0.29) is 6.61 Å². The van der Waals surface area contributed by atoms with Gasteiger partial charge in [0.25, 0.3) is 0 Å². The smallest absolute Gasteiger partial charge is 0.394 e. The third-order valence-electron chi connectivity index (χ3n) is 0.795. The minimum atomic E-state index is -5.64. The Kier molecular flexibility index (Phi) is 8.35. The van der Waals surface area contributed by atoms with Crippen molar-refractivity contribution in [3.63, 3.8) is 0 Å². The summed E-state index contributed by atoms with van der Waals surface area (Å²) < 4.78 is 28.7. The molecule has 0 radical (unpaired) electrons. The van der Waals surface area contributed by atoms with E-state index < -0.39 is 14.1 Å². The summed E-state index contributed by atoms with van der Waals surface area (Å²) in [5, 5.41) is 17.0. The van der Waals surface area contributed by atoms with Crippen LogP contribution in [0.5, 0.6) is 0 Å². The molecule has 0 saturated carbocycles. The Morgan fingerprint density at radius 1 is 1.62 bits per heavy atom. The summed E-state index contributed by atoms with van der Waals surface area (Å²) in [6.07, 6.45) is -0.122. The van der Waals surface area contributed by atoms with E-state index in [1.165, 1.54) is 0 Å². The SMILES string of the molecule is C=C(C)CC(O)CO.O=P(O)(F)F. The fraction of sp³-hybridized carbons (Fsp3) is 0.667. The van der Waals surface area contributed by atoms with Gasteiger partial charge in [0.05, 0.1) is 12.7 Å². The normalized spacial score (nSPS) is 12.8. The molecule has 0 aromatic rings. The van der Waals surface area contributed by atoms with Crippen LogP contribution in [0.3, 0.4) is 0 Å². The van der Waals surface area contributed by atoms with E-state index in [4.69, 9.17) is 19.7 Å². The Morgan fingerprint density at radius 3 is 2.00 bits per heavy atom. The maximum absolute atomic E-state index is 10.1. The quantitative estimate of drug-likeness (QED) is 0.493. The van der Waals surface area contributed by atoms with Crippen LogP contribution in [0.15, 0.2) is 12.2 Å². The Labute approximate surface area is 75.2 Å². The lowest BCUT2D eigenvalue weighted by Crippen LogP contribution is -2.11. The summed E-state index contributed by atoms with van der Waals surface area (Å²) >= 11 is 0. The van der Waals surface area contributed by atoms with Gasteiger partial charge in [-0.3, -0.25) is 4.89 Å². The first kappa shape index (κ1) is 15.2. The molecule has 13 heavy (non-hydrogen) atoms. The fourth-order valence-corrected chi connectivity index (χ4v) is 0.467. The van der Waals surface area contributed by atoms with E-state index in [0.717, 1.165) is 5.57 Å². The summed E-state index contributed by atoms with van der Waals surface area (Å²) in [5.41, 5.74) is 0.895. The lowest BCUT2D eigenvalue weighted by molar-refractivity contribution is 0.0956. The van der Waals surface area contributed by atoms with E-state index in [9.17, 15) is 8.39 Å². The fourth-order valence-electron chi connectivity index (χ4n) is 0.467. The molecule has 0 aromatic heterocycles. The van der Waals surface area contributed by atoms with Gasteiger partial charge in [-0.15, -0.1) is 15.0 Å². The first-order valence-corrected chi connectivity index (χ1v) is 4.76. The maximum atomic E-state index is 10.1. The molecule has 7 heteroatoms. The van der Waals surface area contributed by atoms with Gasteiger partial charge in [0.15, 0.2) is 0 Å². The minimum absolute atomic E-state index is 0.174. The van der Waals surface area contributed by atoms with Crippen LogP contribution in [0.25, 0.3) is 0 Å². The third kappa shape index (κ3) is 33.9. The van der Waals surface area contributed by atoms with Crippen LogP contribution in [-0.4, -0.2) is 27.8 Å². The average Bonchev–Trinajstić information content (AvgIpc) is 1.82. The van der Waals surface area contributed by atoms with Gasteiger partial charge in [-0.05, 0) is 13.3 Å². The molecule has 0 aliphatic heterocycles. The first-order chi connectivity index (χ1) is 5.66. The number of hydrogen-bond donors (Lipinski definition) is 3. The molecule has 0 bridgehead atoms. The highest BCUT2D eigenvalue weighted by molar-refractivity contribution is 7.46. The van der Waals surface area contributed by atoms with Crippen LogP contribution in [0.2, 0.25) is 0 Å². The van der Waals surface area contributed by atoms with Crippen LogP contribution in [0, 0.1) is 0 Å². The van der Waals surface area contributed by atoms with Gasteiger partial charge in [-0.25, -0.2) is 4.57 Å². The number of aliphatic hydroxyl groups excluding tert-OH is 2. The Balaban J connectivity index is 0. The maximum Gasteiger partial charge on any atom is 0.549 e. The zero-order valence-corrected chi connectivity index (χ0v) is 8.05. The predicted octanol–water partition coefficient (Wildman–Crippen LogP) is 1.33. The molecular weight excluding hydrogens is 205 g/mol. The number of halogens is 2. The molecule has 0 heterocycles. The van der Waals surface area contributed by atoms with Crippen molar-refractivity contribution >= 4 is 7.99 Å². The molecule has 0 aliphatic rings. The van der Waals surface area contributed by atoms with Gasteiger partial charge in [0, 0.05) is 0 Å². The number of aliphatic hydroxyl groups is 2. The van der Waals surface area contributed by atoms with Crippen molar-refractivity contribution in [1.29, 1.82) is 0 Å². The van der Waals surface area contributed by atoms with Crippen LogP contribution in [0.4, 0.5) is 8.39 Å². The first-order valence-electron chi connectivity index (χ1n) is 3.32.